The Hall–Kier alpha value is -3.37. The molecule has 0 atom stereocenters. The maximum atomic E-state index is 12.4. The van der Waals surface area contributed by atoms with Crippen LogP contribution in [0.2, 0.25) is 5.02 Å². The highest BCUT2D eigenvalue weighted by Crippen LogP contribution is 2.24. The molecule has 0 aliphatic carbocycles. The average molecular weight is 488 g/mol. The number of hydrogen-bond donors (Lipinski definition) is 2. The van der Waals surface area contributed by atoms with E-state index in [2.05, 4.69) is 25.6 Å². The highest BCUT2D eigenvalue weighted by atomic mass is 35.5. The monoisotopic (exact) mass is 487 g/mol. The Kier molecular flexibility index (Phi) is 8.07. The van der Waals surface area contributed by atoms with E-state index < -0.39 is 5.97 Å². The SMILES string of the molecule is COC(=O)c1ccc(Cl)c(NC(=O)CSc2nnc(CNC(=O)c3cccc(C)c3)n2C)c1. The molecule has 1 aromatic heterocycles. The molecular weight excluding hydrogens is 466 g/mol. The molecule has 11 heteroatoms. The van der Waals surface area contributed by atoms with Crippen LogP contribution in [0, 0.1) is 6.92 Å². The molecule has 9 nitrogen and oxygen atoms in total. The number of thioether (sulfide) groups is 1. The Balaban J connectivity index is 1.56. The molecule has 0 fully saturated rings. The van der Waals surface area contributed by atoms with Gasteiger partial charge in [-0.15, -0.1) is 10.2 Å². The van der Waals surface area contributed by atoms with Crippen molar-refractivity contribution in [3.8, 4) is 0 Å². The number of rotatable bonds is 8. The molecule has 0 spiro atoms. The molecule has 3 rings (SSSR count). The highest BCUT2D eigenvalue weighted by molar-refractivity contribution is 7.99. The number of amides is 2. The van der Waals surface area contributed by atoms with Gasteiger partial charge in [-0.05, 0) is 37.3 Å². The van der Waals surface area contributed by atoms with Crippen LogP contribution in [0.3, 0.4) is 0 Å². The smallest absolute Gasteiger partial charge is 0.337 e. The molecule has 33 heavy (non-hydrogen) atoms. The van der Waals surface area contributed by atoms with Crippen molar-refractivity contribution >= 4 is 46.8 Å². The molecule has 0 aliphatic heterocycles. The van der Waals surface area contributed by atoms with E-state index in [1.807, 2.05) is 19.1 Å². The summed E-state index contributed by atoms with van der Waals surface area (Å²) in [4.78, 5) is 36.4. The number of halogens is 1. The van der Waals surface area contributed by atoms with Crippen LogP contribution in [0.4, 0.5) is 5.69 Å². The summed E-state index contributed by atoms with van der Waals surface area (Å²) in [7, 11) is 3.03. The van der Waals surface area contributed by atoms with Gasteiger partial charge in [0.25, 0.3) is 5.91 Å². The fourth-order valence-corrected chi connectivity index (χ4v) is 3.75. The molecule has 1 heterocycles. The van der Waals surface area contributed by atoms with Crippen LogP contribution in [-0.4, -0.2) is 45.4 Å². The summed E-state index contributed by atoms with van der Waals surface area (Å²) in [5.41, 5.74) is 2.15. The average Bonchev–Trinajstić information content (AvgIpc) is 3.16. The molecule has 0 saturated carbocycles. The van der Waals surface area contributed by atoms with E-state index in [0.29, 0.717) is 27.3 Å². The van der Waals surface area contributed by atoms with Gasteiger partial charge in [0.05, 0.1) is 35.7 Å². The van der Waals surface area contributed by atoms with Gasteiger partial charge in [0.1, 0.15) is 0 Å². The predicted octanol–water partition coefficient (Wildman–Crippen LogP) is 3.22. The van der Waals surface area contributed by atoms with Gasteiger partial charge in [0, 0.05) is 12.6 Å². The normalized spacial score (nSPS) is 10.5. The number of anilines is 1. The van der Waals surface area contributed by atoms with Gasteiger partial charge in [-0.2, -0.15) is 0 Å². The first-order valence-corrected chi connectivity index (χ1v) is 11.2. The predicted molar refractivity (Wildman–Crippen MR) is 125 cm³/mol. The minimum absolute atomic E-state index is 0.0421. The van der Waals surface area contributed by atoms with E-state index in [4.69, 9.17) is 11.6 Å². The molecule has 2 N–H and O–H groups in total. The van der Waals surface area contributed by atoms with Crippen molar-refractivity contribution in [1.82, 2.24) is 20.1 Å². The molecular formula is C22H22ClN5O4S. The first-order chi connectivity index (χ1) is 15.8. The fourth-order valence-electron chi connectivity index (χ4n) is 2.85. The first-order valence-electron chi connectivity index (χ1n) is 9.82. The number of aromatic nitrogens is 3. The third-order valence-corrected chi connectivity index (χ3v) is 5.96. The van der Waals surface area contributed by atoms with Gasteiger partial charge in [-0.25, -0.2) is 4.79 Å². The molecule has 172 valence electrons. The lowest BCUT2D eigenvalue weighted by molar-refractivity contribution is -0.113. The van der Waals surface area contributed by atoms with E-state index >= 15 is 0 Å². The lowest BCUT2D eigenvalue weighted by atomic mass is 10.1. The molecule has 0 aliphatic rings. The summed E-state index contributed by atoms with van der Waals surface area (Å²) >= 11 is 7.29. The topological polar surface area (TPSA) is 115 Å². The zero-order chi connectivity index (χ0) is 24.0. The Morgan fingerprint density at radius 2 is 1.91 bits per heavy atom. The Bertz CT molecular complexity index is 1200. The lowest BCUT2D eigenvalue weighted by Crippen LogP contribution is -2.24. The van der Waals surface area contributed by atoms with Crippen LogP contribution in [0.15, 0.2) is 47.6 Å². The van der Waals surface area contributed by atoms with E-state index in [9.17, 15) is 14.4 Å². The Morgan fingerprint density at radius 3 is 2.64 bits per heavy atom. The van der Waals surface area contributed by atoms with Crippen LogP contribution < -0.4 is 10.6 Å². The van der Waals surface area contributed by atoms with E-state index in [0.717, 1.165) is 5.56 Å². The van der Waals surface area contributed by atoms with Crippen LogP contribution >= 0.6 is 23.4 Å². The number of aryl methyl sites for hydroxylation is 1. The summed E-state index contributed by atoms with van der Waals surface area (Å²) in [5.74, 6) is -0.478. The van der Waals surface area contributed by atoms with Crippen molar-refractivity contribution in [1.29, 1.82) is 0 Å². The number of nitrogens with one attached hydrogen (secondary N) is 2. The number of hydrogen-bond acceptors (Lipinski definition) is 7. The minimum Gasteiger partial charge on any atom is -0.465 e. The highest BCUT2D eigenvalue weighted by Gasteiger charge is 2.15. The van der Waals surface area contributed by atoms with Gasteiger partial charge in [0.2, 0.25) is 5.91 Å². The summed E-state index contributed by atoms with van der Waals surface area (Å²) in [6.07, 6.45) is 0. The second-order valence-corrected chi connectivity index (χ2v) is 8.38. The van der Waals surface area contributed by atoms with Crippen molar-refractivity contribution < 1.29 is 19.1 Å². The zero-order valence-corrected chi connectivity index (χ0v) is 19.8. The summed E-state index contributed by atoms with van der Waals surface area (Å²) in [6.45, 7) is 2.11. The summed E-state index contributed by atoms with van der Waals surface area (Å²) in [5, 5.41) is 14.5. The number of esters is 1. The number of carbonyl (C=O) groups excluding carboxylic acids is 3. The second kappa shape index (κ2) is 11.0. The zero-order valence-electron chi connectivity index (χ0n) is 18.2. The third kappa shape index (κ3) is 6.33. The molecule has 0 unspecified atom stereocenters. The van der Waals surface area contributed by atoms with Gasteiger partial charge in [0.15, 0.2) is 11.0 Å². The first kappa shape index (κ1) is 24.3. The van der Waals surface area contributed by atoms with E-state index in [1.165, 1.54) is 37.1 Å². The van der Waals surface area contributed by atoms with Crippen molar-refractivity contribution in [2.45, 2.75) is 18.6 Å². The van der Waals surface area contributed by atoms with Gasteiger partial charge >= 0.3 is 5.97 Å². The third-order valence-electron chi connectivity index (χ3n) is 4.61. The van der Waals surface area contributed by atoms with Gasteiger partial charge < -0.3 is 19.9 Å². The fraction of sp³-hybridized carbons (Fsp3) is 0.227. The van der Waals surface area contributed by atoms with E-state index in [1.54, 1.807) is 23.7 Å². The molecule has 0 radical (unpaired) electrons. The van der Waals surface area contributed by atoms with Crippen molar-refractivity contribution in [2.75, 3.05) is 18.2 Å². The van der Waals surface area contributed by atoms with Crippen LogP contribution in [0.25, 0.3) is 0 Å². The molecule has 0 saturated heterocycles. The summed E-state index contributed by atoms with van der Waals surface area (Å²) in [6, 6.07) is 11.8. The van der Waals surface area contributed by atoms with Gasteiger partial charge in [-0.3, -0.25) is 9.59 Å². The molecule has 2 amide bonds. The molecule has 3 aromatic rings. The Labute approximate surface area is 199 Å². The van der Waals surface area contributed by atoms with E-state index in [-0.39, 0.29) is 29.7 Å². The van der Waals surface area contributed by atoms with Crippen LogP contribution in [0.1, 0.15) is 32.1 Å². The summed E-state index contributed by atoms with van der Waals surface area (Å²) < 4.78 is 6.39. The number of carbonyl (C=O) groups is 3. The second-order valence-electron chi connectivity index (χ2n) is 7.03. The number of benzene rings is 2. The largest absolute Gasteiger partial charge is 0.465 e. The van der Waals surface area contributed by atoms with Crippen molar-refractivity contribution in [2.24, 2.45) is 7.05 Å². The number of ether oxygens (including phenoxy) is 1. The maximum Gasteiger partial charge on any atom is 0.337 e. The van der Waals surface area contributed by atoms with Gasteiger partial charge in [-0.1, -0.05) is 41.1 Å². The standard InChI is InChI=1S/C22H22ClN5O4S/c1-13-5-4-6-14(9-13)20(30)24-11-18-26-27-22(28(18)2)33-12-19(29)25-17-10-15(21(31)32-3)7-8-16(17)23/h4-10H,11-12H2,1-3H3,(H,24,30)(H,25,29). The maximum absolute atomic E-state index is 12.4. The van der Waals surface area contributed by atoms with Crippen molar-refractivity contribution in [3.63, 3.8) is 0 Å². The number of nitrogens with zero attached hydrogens (tertiary/aromatic N) is 3. The quantitative estimate of drug-likeness (QED) is 0.370. The Morgan fingerprint density at radius 1 is 1.12 bits per heavy atom. The lowest BCUT2D eigenvalue weighted by Gasteiger charge is -2.09. The molecule has 0 bridgehead atoms. The molecule has 2 aromatic carbocycles. The van der Waals surface area contributed by atoms with Crippen molar-refractivity contribution in [3.05, 3.63) is 70.0 Å². The van der Waals surface area contributed by atoms with Crippen LogP contribution in [0.5, 0.6) is 0 Å². The van der Waals surface area contributed by atoms with Crippen LogP contribution in [-0.2, 0) is 23.1 Å². The minimum atomic E-state index is -0.530. The number of methoxy groups -OCH3 is 1.